The fraction of sp³-hybridized carbons (Fsp3) is 0.0870. The summed E-state index contributed by atoms with van der Waals surface area (Å²) in [6, 6.07) is 20.3. The average molecular weight is 417 g/mol. The summed E-state index contributed by atoms with van der Waals surface area (Å²) in [4.78, 5) is 36.7. The topological polar surface area (TPSA) is 106 Å². The fourth-order valence-corrected chi connectivity index (χ4v) is 2.97. The molecule has 3 amide bonds. The van der Waals surface area contributed by atoms with Crippen molar-refractivity contribution in [2.75, 3.05) is 24.0 Å². The number of hydrogen-bond donors (Lipinski definition) is 3. The normalized spacial score (nSPS) is 11.5. The minimum Gasteiger partial charge on any atom is -0.454 e. The Morgan fingerprint density at radius 3 is 2.26 bits per heavy atom. The number of fused-ring (bicyclic) bond motifs is 1. The summed E-state index contributed by atoms with van der Waals surface area (Å²) < 4.78 is 10.5. The third-order valence-corrected chi connectivity index (χ3v) is 4.48. The zero-order valence-corrected chi connectivity index (χ0v) is 16.4. The smallest absolute Gasteiger partial charge is 0.255 e. The summed E-state index contributed by atoms with van der Waals surface area (Å²) >= 11 is 0. The van der Waals surface area contributed by atoms with Crippen molar-refractivity contribution in [2.45, 2.75) is 0 Å². The van der Waals surface area contributed by atoms with Gasteiger partial charge in [-0.1, -0.05) is 24.3 Å². The van der Waals surface area contributed by atoms with Crippen LogP contribution in [0.25, 0.3) is 0 Å². The summed E-state index contributed by atoms with van der Waals surface area (Å²) in [5.74, 6) is 0.0766. The van der Waals surface area contributed by atoms with Gasteiger partial charge in [0.2, 0.25) is 12.7 Å². The van der Waals surface area contributed by atoms with Crippen LogP contribution < -0.4 is 25.4 Å². The first-order valence-electron chi connectivity index (χ1n) is 9.53. The molecule has 1 aliphatic rings. The van der Waals surface area contributed by atoms with E-state index in [0.29, 0.717) is 34.0 Å². The number of anilines is 2. The van der Waals surface area contributed by atoms with E-state index < -0.39 is 0 Å². The van der Waals surface area contributed by atoms with Gasteiger partial charge in [0.25, 0.3) is 11.8 Å². The Morgan fingerprint density at radius 2 is 1.45 bits per heavy atom. The monoisotopic (exact) mass is 417 g/mol. The summed E-state index contributed by atoms with van der Waals surface area (Å²) in [7, 11) is 0. The number of carbonyl (C=O) groups is 3. The number of ether oxygens (including phenoxy) is 2. The summed E-state index contributed by atoms with van der Waals surface area (Å²) in [5, 5.41) is 8.04. The number of amides is 3. The Balaban J connectivity index is 1.33. The van der Waals surface area contributed by atoms with Gasteiger partial charge in [-0.15, -0.1) is 0 Å². The van der Waals surface area contributed by atoms with Crippen molar-refractivity contribution in [3.8, 4) is 11.5 Å². The van der Waals surface area contributed by atoms with E-state index in [4.69, 9.17) is 9.47 Å². The molecule has 3 N–H and O–H groups in total. The lowest BCUT2D eigenvalue weighted by atomic mass is 10.2. The van der Waals surface area contributed by atoms with Gasteiger partial charge in [-0.05, 0) is 48.5 Å². The SMILES string of the molecule is O=C(CNC(=O)c1ccccc1)Nc1cccc(NC(=O)c2ccc3c(c2)OCO3)c1. The van der Waals surface area contributed by atoms with Crippen LogP contribution >= 0.6 is 0 Å². The second kappa shape index (κ2) is 9.00. The second-order valence-electron chi connectivity index (χ2n) is 6.70. The molecular formula is C23H19N3O5. The van der Waals surface area contributed by atoms with Crippen LogP contribution in [0, 0.1) is 0 Å². The van der Waals surface area contributed by atoms with Crippen molar-refractivity contribution < 1.29 is 23.9 Å². The number of nitrogens with one attached hydrogen (secondary N) is 3. The Bertz CT molecular complexity index is 1130. The molecule has 31 heavy (non-hydrogen) atoms. The van der Waals surface area contributed by atoms with Crippen LogP contribution in [-0.2, 0) is 4.79 Å². The van der Waals surface area contributed by atoms with Crippen molar-refractivity contribution in [3.05, 3.63) is 83.9 Å². The third-order valence-electron chi connectivity index (χ3n) is 4.48. The van der Waals surface area contributed by atoms with Crippen molar-refractivity contribution in [2.24, 2.45) is 0 Å². The Morgan fingerprint density at radius 1 is 0.710 bits per heavy atom. The van der Waals surface area contributed by atoms with Crippen LogP contribution in [0.2, 0.25) is 0 Å². The first kappa shape index (κ1) is 20.0. The minimum absolute atomic E-state index is 0.133. The highest BCUT2D eigenvalue weighted by atomic mass is 16.7. The first-order valence-corrected chi connectivity index (χ1v) is 9.53. The highest BCUT2D eigenvalue weighted by Crippen LogP contribution is 2.32. The van der Waals surface area contributed by atoms with Gasteiger partial charge in [-0.3, -0.25) is 14.4 Å². The molecule has 0 atom stereocenters. The molecule has 0 saturated heterocycles. The summed E-state index contributed by atoms with van der Waals surface area (Å²) in [6.45, 7) is -0.0462. The van der Waals surface area contributed by atoms with Crippen molar-refractivity contribution >= 4 is 29.1 Å². The molecule has 0 unspecified atom stereocenters. The minimum atomic E-state index is -0.386. The van der Waals surface area contributed by atoms with Gasteiger partial charge in [-0.25, -0.2) is 0 Å². The van der Waals surface area contributed by atoms with E-state index in [0.717, 1.165) is 0 Å². The number of hydrogen-bond acceptors (Lipinski definition) is 5. The molecule has 156 valence electrons. The molecule has 1 heterocycles. The molecular weight excluding hydrogens is 398 g/mol. The number of benzene rings is 3. The maximum Gasteiger partial charge on any atom is 0.255 e. The second-order valence-corrected chi connectivity index (χ2v) is 6.70. The van der Waals surface area contributed by atoms with Crippen LogP contribution in [0.5, 0.6) is 11.5 Å². The number of carbonyl (C=O) groups excluding carboxylic acids is 3. The van der Waals surface area contributed by atoms with E-state index in [1.54, 1.807) is 66.7 Å². The summed E-state index contributed by atoms with van der Waals surface area (Å²) in [5.41, 5.74) is 1.89. The third kappa shape index (κ3) is 4.99. The van der Waals surface area contributed by atoms with Gasteiger partial charge in [0.15, 0.2) is 11.5 Å². The van der Waals surface area contributed by atoms with Crippen LogP contribution in [0.15, 0.2) is 72.8 Å². The van der Waals surface area contributed by atoms with E-state index in [-0.39, 0.29) is 31.1 Å². The lowest BCUT2D eigenvalue weighted by Gasteiger charge is -2.10. The maximum absolute atomic E-state index is 12.5. The molecule has 0 fully saturated rings. The van der Waals surface area contributed by atoms with Crippen molar-refractivity contribution in [1.82, 2.24) is 5.32 Å². The molecule has 3 aromatic rings. The fourth-order valence-electron chi connectivity index (χ4n) is 2.97. The molecule has 0 saturated carbocycles. The van der Waals surface area contributed by atoms with Crippen molar-refractivity contribution in [3.63, 3.8) is 0 Å². The van der Waals surface area contributed by atoms with Crippen LogP contribution in [0.3, 0.4) is 0 Å². The van der Waals surface area contributed by atoms with E-state index in [1.807, 2.05) is 6.07 Å². The molecule has 8 nitrogen and oxygen atoms in total. The van der Waals surface area contributed by atoms with Gasteiger partial charge in [0, 0.05) is 22.5 Å². The van der Waals surface area contributed by atoms with Gasteiger partial charge < -0.3 is 25.4 Å². The van der Waals surface area contributed by atoms with Gasteiger partial charge in [0.05, 0.1) is 6.54 Å². The highest BCUT2D eigenvalue weighted by Gasteiger charge is 2.16. The van der Waals surface area contributed by atoms with Gasteiger partial charge >= 0.3 is 0 Å². The van der Waals surface area contributed by atoms with E-state index in [1.165, 1.54) is 0 Å². The maximum atomic E-state index is 12.5. The van der Waals surface area contributed by atoms with E-state index in [9.17, 15) is 14.4 Å². The molecule has 4 rings (SSSR count). The largest absolute Gasteiger partial charge is 0.454 e. The Kier molecular flexibility index (Phi) is 5.79. The van der Waals surface area contributed by atoms with E-state index in [2.05, 4.69) is 16.0 Å². The molecule has 0 aliphatic carbocycles. The van der Waals surface area contributed by atoms with Crippen molar-refractivity contribution in [1.29, 1.82) is 0 Å². The first-order chi connectivity index (χ1) is 15.1. The lowest BCUT2D eigenvalue weighted by Crippen LogP contribution is -2.32. The number of rotatable bonds is 6. The molecule has 0 spiro atoms. The molecule has 3 aromatic carbocycles. The van der Waals surface area contributed by atoms with E-state index >= 15 is 0 Å². The molecule has 1 aliphatic heterocycles. The zero-order chi connectivity index (χ0) is 21.6. The lowest BCUT2D eigenvalue weighted by molar-refractivity contribution is -0.115. The highest BCUT2D eigenvalue weighted by molar-refractivity contribution is 6.05. The molecule has 0 aromatic heterocycles. The van der Waals surface area contributed by atoms with Crippen LogP contribution in [-0.4, -0.2) is 31.1 Å². The van der Waals surface area contributed by atoms with Gasteiger partial charge in [0.1, 0.15) is 0 Å². The summed E-state index contributed by atoms with van der Waals surface area (Å²) in [6.07, 6.45) is 0. The molecule has 0 bridgehead atoms. The molecule has 0 radical (unpaired) electrons. The Labute approximate surface area is 178 Å². The predicted octanol–water partition coefficient (Wildman–Crippen LogP) is 3.04. The predicted molar refractivity (Wildman–Crippen MR) is 114 cm³/mol. The zero-order valence-electron chi connectivity index (χ0n) is 16.4. The van der Waals surface area contributed by atoms with Crippen LogP contribution in [0.4, 0.5) is 11.4 Å². The average Bonchev–Trinajstić information content (AvgIpc) is 3.26. The van der Waals surface area contributed by atoms with Gasteiger partial charge in [-0.2, -0.15) is 0 Å². The quantitative estimate of drug-likeness (QED) is 0.572. The Hall–Kier alpha value is -4.33. The molecule has 8 heteroatoms. The standard InChI is InChI=1S/C23H19N3O5/c27-21(13-24-22(28)15-5-2-1-3-6-15)25-17-7-4-8-18(12-17)26-23(29)16-9-10-19-20(11-16)31-14-30-19/h1-12H,13-14H2,(H,24,28)(H,25,27)(H,26,29). The van der Waals surface area contributed by atoms with Crippen LogP contribution in [0.1, 0.15) is 20.7 Å².